The van der Waals surface area contributed by atoms with Gasteiger partial charge in [-0.2, -0.15) is 19.9 Å². The highest BCUT2D eigenvalue weighted by Crippen LogP contribution is 2.45. The topological polar surface area (TPSA) is 327 Å². The van der Waals surface area contributed by atoms with Crippen LogP contribution in [0.4, 0.5) is 14.4 Å². The van der Waals surface area contributed by atoms with E-state index in [0.717, 1.165) is 87.7 Å². The maximum atomic E-state index is 12.9. The Morgan fingerprint density at radius 1 is 0.570 bits per heavy atom. The molecule has 0 aliphatic carbocycles. The summed E-state index contributed by atoms with van der Waals surface area (Å²) >= 11 is 23.4. The molecule has 1 atom stereocenters. The summed E-state index contributed by atoms with van der Waals surface area (Å²) in [6, 6.07) is 39.4. The Morgan fingerprint density at radius 3 is 1.38 bits per heavy atom. The molecule has 9 heterocycles. The standard InChI is InChI=1S/C20H31ClN4O3Si.C15H19ClN4O3.C14H17ClN4O3.C12H21OPSi.C12H10.C10H9ClN4O.4CH4/c1-20(2,3)28-19(26)22-8-9-25-16(7-10-27-11-12-29(4,5)6)13-15-14-23-18(21)24-17(15)25;1-15(2,3)23-14(22)17-5-6-20-11(4-7-21)8-10-9-18-13(16)19-12(10)20;1-14(2,3)22-13(21)16-4-5-19-10(8-20)6-9-7-17-12(15)18-11(9)19;1-4-10-14(13,11-15(2)3)12-8-6-5-7-9-12;1-3-7-11(8-4-1)12-9-5-2-6-10-12;11-10-13-5-6-3-7-4-8(16)12-1-2-15(7)9(6)14-10;;;;/h7,10,13-14H,8-9,11-12H2,1-6H3,(H,22,26);7-9H,4-6H2,1-3H3,(H,17,22);6-8H,4-5H2,1-3H3,(H,16,21);5-9,15H,4,10-11H2,1-3H3;1-10H;3,5H,1-2,4H2,(H,12,16);4*1H4. The van der Waals surface area contributed by atoms with Crippen molar-refractivity contribution in [3.05, 3.63) is 190 Å². The first-order chi connectivity index (χ1) is 55.3. The minimum atomic E-state index is -2.07. The molecule has 658 valence electrons. The van der Waals surface area contributed by atoms with Crippen LogP contribution in [0.3, 0.4) is 0 Å². The molecule has 11 aromatic rings. The van der Waals surface area contributed by atoms with Crippen molar-refractivity contribution in [2.75, 3.05) is 44.7 Å². The van der Waals surface area contributed by atoms with Gasteiger partial charge >= 0.3 is 18.3 Å². The second-order valence-electron chi connectivity index (χ2n) is 31.7. The van der Waals surface area contributed by atoms with Gasteiger partial charge in [-0.1, -0.05) is 160 Å². The van der Waals surface area contributed by atoms with Crippen LogP contribution in [0.1, 0.15) is 133 Å². The lowest BCUT2D eigenvalue weighted by molar-refractivity contribution is -0.120. The molecule has 8 aromatic heterocycles. The Hall–Kier alpha value is -9.88. The van der Waals surface area contributed by atoms with Crippen molar-refractivity contribution in [1.82, 2.24) is 79.4 Å². The molecular weight excluding hydrogens is 1670 g/mol. The van der Waals surface area contributed by atoms with Crippen molar-refractivity contribution < 1.29 is 52.3 Å². The highest BCUT2D eigenvalue weighted by atomic mass is 35.5. The van der Waals surface area contributed by atoms with Crippen molar-refractivity contribution in [3.8, 4) is 11.1 Å². The van der Waals surface area contributed by atoms with E-state index in [9.17, 15) is 33.3 Å². The molecule has 27 nitrogen and oxygen atoms in total. The van der Waals surface area contributed by atoms with Crippen molar-refractivity contribution in [2.24, 2.45) is 0 Å². The van der Waals surface area contributed by atoms with Crippen LogP contribution >= 0.6 is 53.5 Å². The maximum absolute atomic E-state index is 12.9. The molecule has 34 heteroatoms. The van der Waals surface area contributed by atoms with Gasteiger partial charge in [0.2, 0.25) is 27.0 Å². The SMILES string of the molecule is C.C.C.C.CC(C)(C)OC(=O)NCCn1c(C=COCC[Si](C)(C)C)cc2cnc(Cl)nc21.CC(C)(C)OC(=O)NCCn1c(C=O)cc2cnc(Cl)nc21.CC(C)(C)OC(=O)NCCn1c(CC=O)cc2cnc(Cl)nc21.CCCP(=O)(C[SiH](C)C)c1ccccc1.O=C1Cc2cc3cnc(Cl)nc3n2CCN1.c1ccc(-c2ccccc2)cc1. The number of nitrogens with zero attached hydrogens (tertiary/aromatic N) is 12. The third-order valence-corrected chi connectivity index (χ3v) is 26.9. The van der Waals surface area contributed by atoms with Gasteiger partial charge in [0.05, 0.1) is 25.0 Å². The van der Waals surface area contributed by atoms with Crippen LogP contribution in [0.2, 0.25) is 59.9 Å². The Kier molecular flexibility index (Phi) is 43.4. The third kappa shape index (κ3) is 35.6. The average molecular weight is 1800 g/mol. The molecule has 0 spiro atoms. The third-order valence-electron chi connectivity index (χ3n) is 16.7. The molecule has 4 N–H and O–H groups in total. The number of fused-ring (bicyclic) bond motifs is 6. The van der Waals surface area contributed by atoms with E-state index in [1.54, 1.807) is 83.2 Å². The van der Waals surface area contributed by atoms with E-state index < -0.39 is 59.1 Å². The minimum absolute atomic E-state index is 0. The van der Waals surface area contributed by atoms with E-state index >= 15 is 0 Å². The Balaban J connectivity index is 0.000000380. The normalized spacial score (nSPS) is 12.2. The summed E-state index contributed by atoms with van der Waals surface area (Å²) in [5.41, 5.74) is 6.69. The second-order valence-corrected chi connectivity index (χ2v) is 45.7. The number of alkyl carbamates (subject to hydrolysis) is 3. The number of benzene rings is 3. The summed E-state index contributed by atoms with van der Waals surface area (Å²) < 4.78 is 41.6. The van der Waals surface area contributed by atoms with Gasteiger partial charge in [0.25, 0.3) is 0 Å². The molecule has 0 radical (unpaired) electrons. The number of hydrogen-bond acceptors (Lipinski definition) is 19. The first kappa shape index (κ1) is 105. The summed E-state index contributed by atoms with van der Waals surface area (Å²) in [6.45, 7) is 34.3. The monoisotopic (exact) mass is 1790 g/mol. The highest BCUT2D eigenvalue weighted by molar-refractivity contribution is 7.73. The van der Waals surface area contributed by atoms with Crippen LogP contribution in [-0.4, -0.2) is 173 Å². The molecule has 121 heavy (non-hydrogen) atoms. The number of carbonyl (C=O) groups excluding carboxylic acids is 6. The predicted molar refractivity (Wildman–Crippen MR) is 499 cm³/mol. The lowest BCUT2D eigenvalue weighted by Crippen LogP contribution is -2.34. The van der Waals surface area contributed by atoms with Crippen LogP contribution in [0.5, 0.6) is 0 Å². The van der Waals surface area contributed by atoms with Gasteiger partial charge in [-0.25, -0.2) is 34.3 Å². The quantitative estimate of drug-likeness (QED) is 0.00879. The van der Waals surface area contributed by atoms with Gasteiger partial charge in [-0.15, -0.1) is 0 Å². The fourth-order valence-electron chi connectivity index (χ4n) is 11.9. The van der Waals surface area contributed by atoms with Gasteiger partial charge in [-0.05, 0) is 168 Å². The molecule has 0 fully saturated rings. The summed E-state index contributed by atoms with van der Waals surface area (Å²) in [6.07, 6.45) is 12.8. The molecule has 4 amide bonds. The first-order valence-corrected chi connectivity index (χ1v) is 48.9. The average Bonchev–Trinajstić information content (AvgIpc) is 1.68. The number of carbonyl (C=O) groups is 6. The van der Waals surface area contributed by atoms with E-state index in [-0.39, 0.29) is 63.2 Å². The Labute approximate surface area is 735 Å². The first-order valence-electron chi connectivity index (χ1n) is 38.5. The zero-order chi connectivity index (χ0) is 85.7. The molecule has 3 aromatic carbocycles. The summed E-state index contributed by atoms with van der Waals surface area (Å²) in [5.74, 6) is 1.02. The highest BCUT2D eigenvalue weighted by Gasteiger charge is 2.26. The Bertz CT molecular complexity index is 5150. The number of nitrogens with one attached hydrogen (secondary N) is 4. The number of halogens is 4. The lowest BCUT2D eigenvalue weighted by atomic mass is 10.1. The van der Waals surface area contributed by atoms with Gasteiger partial charge in [0.15, 0.2) is 6.29 Å². The van der Waals surface area contributed by atoms with Crippen LogP contribution in [0.15, 0.2) is 146 Å². The fraction of sp³-hybridized carbons (Fsp3) is 0.425. The van der Waals surface area contributed by atoms with E-state index in [4.69, 9.17) is 65.4 Å². The van der Waals surface area contributed by atoms with Crippen LogP contribution in [0, 0.1) is 0 Å². The van der Waals surface area contributed by atoms with E-state index in [1.165, 1.54) is 11.1 Å². The maximum Gasteiger partial charge on any atom is 0.407 e. The van der Waals surface area contributed by atoms with Gasteiger partial charge in [0.1, 0.15) is 52.8 Å². The van der Waals surface area contributed by atoms with Crippen LogP contribution < -0.4 is 26.6 Å². The summed E-state index contributed by atoms with van der Waals surface area (Å²) in [7, 11) is -3.95. The zero-order valence-electron chi connectivity index (χ0n) is 69.1. The fourth-order valence-corrected chi connectivity index (χ4v) is 21.1. The van der Waals surface area contributed by atoms with Crippen molar-refractivity contribution in [2.45, 2.75) is 200 Å². The van der Waals surface area contributed by atoms with E-state index in [0.29, 0.717) is 86.9 Å². The molecule has 12 rings (SSSR count). The van der Waals surface area contributed by atoms with Gasteiger partial charge < -0.3 is 67.8 Å². The van der Waals surface area contributed by atoms with Crippen LogP contribution in [0.25, 0.3) is 61.3 Å². The number of aldehydes is 2. The number of ether oxygens (including phenoxy) is 4. The lowest BCUT2D eigenvalue weighted by Gasteiger charge is -2.20. The van der Waals surface area contributed by atoms with Crippen molar-refractivity contribution >= 4 is 163 Å². The van der Waals surface area contributed by atoms with Crippen molar-refractivity contribution in [1.29, 1.82) is 0 Å². The molecule has 1 aliphatic rings. The van der Waals surface area contributed by atoms with Crippen LogP contribution in [-0.2, 0) is 72.1 Å². The largest absolute Gasteiger partial charge is 0.501 e. The minimum Gasteiger partial charge on any atom is -0.501 e. The summed E-state index contributed by atoms with van der Waals surface area (Å²) in [4.78, 5) is 101. The number of amides is 4. The molecule has 0 saturated heterocycles. The van der Waals surface area contributed by atoms with Gasteiger partial charge in [0, 0.05) is 151 Å². The number of rotatable bonds is 23. The Morgan fingerprint density at radius 2 is 0.967 bits per heavy atom. The smallest absolute Gasteiger partial charge is 0.407 e. The predicted octanol–water partition coefficient (Wildman–Crippen LogP) is 19.5. The molecule has 1 aliphatic heterocycles. The molecule has 0 bridgehead atoms. The summed E-state index contributed by atoms with van der Waals surface area (Å²) in [5, 5.41) is 15.9. The number of aromatic nitrogens is 12. The van der Waals surface area contributed by atoms with E-state index in [2.05, 4.69) is 149 Å². The van der Waals surface area contributed by atoms with Gasteiger partial charge in [-0.3, -0.25) is 9.59 Å². The van der Waals surface area contributed by atoms with E-state index in [1.807, 2.05) is 101 Å². The molecule has 0 saturated carbocycles. The zero-order valence-corrected chi connectivity index (χ0v) is 75.2. The number of hydrogen-bond donors (Lipinski definition) is 4. The molecular formula is C87H123Cl4N16O11PSi2. The second kappa shape index (κ2) is 49.9. The van der Waals surface area contributed by atoms with Crippen molar-refractivity contribution in [3.63, 3.8) is 0 Å². The molecule has 1 unspecified atom stereocenters.